The van der Waals surface area contributed by atoms with E-state index < -0.39 is 0 Å². The summed E-state index contributed by atoms with van der Waals surface area (Å²) in [6.45, 7) is 7.59. The summed E-state index contributed by atoms with van der Waals surface area (Å²) in [5, 5.41) is 4.16. The van der Waals surface area contributed by atoms with Crippen LogP contribution >= 0.6 is 11.6 Å². The lowest BCUT2D eigenvalue weighted by molar-refractivity contribution is 0.288. The van der Waals surface area contributed by atoms with E-state index >= 15 is 0 Å². The van der Waals surface area contributed by atoms with Crippen LogP contribution in [0.25, 0.3) is 0 Å². The Bertz CT molecular complexity index is 593. The molecular formula is C17H21ClN2O. The lowest BCUT2D eigenvalue weighted by Crippen LogP contribution is -2.35. The lowest BCUT2D eigenvalue weighted by atomic mass is 10.1. The standard InChI is InChI=1S/C17H21ClN2O/c1-17(2,3)20-11-14-7-5-9-19-16(14)21-12-13-6-4-8-15(18)10-13/h4-10,20H,11-12H2,1-3H3. The van der Waals surface area contributed by atoms with Gasteiger partial charge in [-0.1, -0.05) is 29.8 Å². The van der Waals surface area contributed by atoms with Crippen molar-refractivity contribution in [2.75, 3.05) is 0 Å². The van der Waals surface area contributed by atoms with Crippen LogP contribution in [0.4, 0.5) is 0 Å². The fraction of sp³-hybridized carbons (Fsp3) is 0.353. The first-order valence-electron chi connectivity index (χ1n) is 7.00. The number of rotatable bonds is 5. The van der Waals surface area contributed by atoms with E-state index in [9.17, 15) is 0 Å². The number of nitrogens with one attached hydrogen (secondary N) is 1. The molecule has 0 amide bonds. The largest absolute Gasteiger partial charge is 0.473 e. The smallest absolute Gasteiger partial charge is 0.218 e. The Morgan fingerprint density at radius 2 is 2.00 bits per heavy atom. The molecule has 0 aliphatic carbocycles. The fourth-order valence-electron chi connectivity index (χ4n) is 1.83. The summed E-state index contributed by atoms with van der Waals surface area (Å²) in [6.07, 6.45) is 1.74. The third kappa shape index (κ3) is 5.37. The Labute approximate surface area is 131 Å². The van der Waals surface area contributed by atoms with Crippen molar-refractivity contribution in [3.05, 3.63) is 58.7 Å². The second kappa shape index (κ2) is 6.92. The van der Waals surface area contributed by atoms with Crippen LogP contribution in [0.2, 0.25) is 5.02 Å². The van der Waals surface area contributed by atoms with Crippen molar-refractivity contribution < 1.29 is 4.74 Å². The summed E-state index contributed by atoms with van der Waals surface area (Å²) in [7, 11) is 0. The van der Waals surface area contributed by atoms with E-state index in [-0.39, 0.29) is 5.54 Å². The molecule has 0 bridgehead atoms. The van der Waals surface area contributed by atoms with Gasteiger partial charge in [-0.3, -0.25) is 0 Å². The highest BCUT2D eigenvalue weighted by molar-refractivity contribution is 6.30. The highest BCUT2D eigenvalue weighted by Crippen LogP contribution is 2.18. The number of benzene rings is 1. The summed E-state index contributed by atoms with van der Waals surface area (Å²) >= 11 is 5.98. The molecule has 4 heteroatoms. The molecule has 2 rings (SSSR count). The molecule has 1 aromatic carbocycles. The van der Waals surface area contributed by atoms with Gasteiger partial charge < -0.3 is 10.1 Å². The van der Waals surface area contributed by atoms with Crippen molar-refractivity contribution in [3.63, 3.8) is 0 Å². The molecule has 112 valence electrons. The number of ether oxygens (including phenoxy) is 1. The average molecular weight is 305 g/mol. The molecule has 1 N–H and O–H groups in total. The van der Waals surface area contributed by atoms with Gasteiger partial charge in [-0.2, -0.15) is 0 Å². The summed E-state index contributed by atoms with van der Waals surface area (Å²) < 4.78 is 5.83. The molecule has 0 saturated heterocycles. The first kappa shape index (κ1) is 15.8. The maximum Gasteiger partial charge on any atom is 0.218 e. The van der Waals surface area contributed by atoms with Gasteiger partial charge in [-0.05, 0) is 44.5 Å². The predicted octanol–water partition coefficient (Wildman–Crippen LogP) is 4.20. The first-order valence-corrected chi connectivity index (χ1v) is 7.38. The molecule has 1 aromatic heterocycles. The van der Waals surface area contributed by atoms with E-state index in [1.807, 2.05) is 36.4 Å². The minimum absolute atomic E-state index is 0.0556. The molecule has 0 saturated carbocycles. The highest BCUT2D eigenvalue weighted by atomic mass is 35.5. The first-order chi connectivity index (χ1) is 9.94. The van der Waals surface area contributed by atoms with E-state index in [2.05, 4.69) is 31.1 Å². The zero-order valence-corrected chi connectivity index (χ0v) is 13.4. The Morgan fingerprint density at radius 3 is 2.71 bits per heavy atom. The SMILES string of the molecule is CC(C)(C)NCc1cccnc1OCc1cccc(Cl)c1. The van der Waals surface area contributed by atoms with E-state index in [1.54, 1.807) is 6.20 Å². The Kier molecular flexibility index (Phi) is 5.21. The zero-order chi connectivity index (χ0) is 15.3. The van der Waals surface area contributed by atoms with Crippen LogP contribution in [-0.2, 0) is 13.2 Å². The van der Waals surface area contributed by atoms with Crippen molar-refractivity contribution in [2.45, 2.75) is 39.5 Å². The van der Waals surface area contributed by atoms with Crippen molar-refractivity contribution in [1.82, 2.24) is 10.3 Å². The molecule has 3 nitrogen and oxygen atoms in total. The second-order valence-electron chi connectivity index (χ2n) is 5.99. The zero-order valence-electron chi connectivity index (χ0n) is 12.7. The van der Waals surface area contributed by atoms with E-state index in [0.29, 0.717) is 17.5 Å². The van der Waals surface area contributed by atoms with Crippen molar-refractivity contribution in [1.29, 1.82) is 0 Å². The van der Waals surface area contributed by atoms with Crippen LogP contribution in [0.5, 0.6) is 5.88 Å². The van der Waals surface area contributed by atoms with Gasteiger partial charge in [0.2, 0.25) is 5.88 Å². The Morgan fingerprint density at radius 1 is 1.19 bits per heavy atom. The van der Waals surface area contributed by atoms with Crippen molar-refractivity contribution in [2.24, 2.45) is 0 Å². The second-order valence-corrected chi connectivity index (χ2v) is 6.43. The van der Waals surface area contributed by atoms with Gasteiger partial charge in [0.15, 0.2) is 0 Å². The Hall–Kier alpha value is -1.58. The predicted molar refractivity (Wildman–Crippen MR) is 86.6 cm³/mol. The third-order valence-electron chi connectivity index (χ3n) is 2.92. The highest BCUT2D eigenvalue weighted by Gasteiger charge is 2.11. The molecule has 2 aromatic rings. The fourth-order valence-corrected chi connectivity index (χ4v) is 2.04. The molecular weight excluding hydrogens is 284 g/mol. The van der Waals surface area contributed by atoms with Crippen molar-refractivity contribution in [3.8, 4) is 5.88 Å². The number of hydrogen-bond acceptors (Lipinski definition) is 3. The van der Waals surface area contributed by atoms with Gasteiger partial charge in [0.25, 0.3) is 0 Å². The van der Waals surface area contributed by atoms with E-state index in [1.165, 1.54) is 0 Å². The minimum Gasteiger partial charge on any atom is -0.473 e. The number of aromatic nitrogens is 1. The summed E-state index contributed by atoms with van der Waals surface area (Å²) in [5.74, 6) is 0.661. The molecule has 1 heterocycles. The normalized spacial score (nSPS) is 11.4. The van der Waals surface area contributed by atoms with Crippen LogP contribution in [0.3, 0.4) is 0 Å². The van der Waals surface area contributed by atoms with Gasteiger partial charge in [0, 0.05) is 28.9 Å². The van der Waals surface area contributed by atoms with Gasteiger partial charge in [0.05, 0.1) is 0 Å². The number of nitrogens with zero attached hydrogens (tertiary/aromatic N) is 1. The molecule has 0 radical (unpaired) electrons. The van der Waals surface area contributed by atoms with Gasteiger partial charge in [0.1, 0.15) is 6.61 Å². The van der Waals surface area contributed by atoms with Crippen LogP contribution in [0.1, 0.15) is 31.9 Å². The van der Waals surface area contributed by atoms with Crippen LogP contribution < -0.4 is 10.1 Å². The van der Waals surface area contributed by atoms with Gasteiger partial charge in [-0.25, -0.2) is 4.98 Å². The minimum atomic E-state index is 0.0556. The maximum absolute atomic E-state index is 5.98. The van der Waals surface area contributed by atoms with Gasteiger partial charge in [-0.15, -0.1) is 0 Å². The van der Waals surface area contributed by atoms with Crippen LogP contribution in [0.15, 0.2) is 42.6 Å². The number of hydrogen-bond donors (Lipinski definition) is 1. The number of halogens is 1. The average Bonchev–Trinajstić information content (AvgIpc) is 2.43. The van der Waals surface area contributed by atoms with E-state index in [0.717, 1.165) is 17.7 Å². The third-order valence-corrected chi connectivity index (χ3v) is 3.16. The van der Waals surface area contributed by atoms with Crippen molar-refractivity contribution >= 4 is 11.6 Å². The number of pyridine rings is 1. The molecule has 0 aliphatic heterocycles. The molecule has 0 fully saturated rings. The van der Waals surface area contributed by atoms with E-state index in [4.69, 9.17) is 16.3 Å². The molecule has 0 aliphatic rings. The Balaban J connectivity index is 2.03. The molecule has 0 atom stereocenters. The quantitative estimate of drug-likeness (QED) is 0.899. The summed E-state index contributed by atoms with van der Waals surface area (Å²) in [5.41, 5.74) is 2.14. The molecule has 21 heavy (non-hydrogen) atoms. The van der Waals surface area contributed by atoms with Gasteiger partial charge >= 0.3 is 0 Å². The topological polar surface area (TPSA) is 34.2 Å². The summed E-state index contributed by atoms with van der Waals surface area (Å²) in [4.78, 5) is 4.32. The summed E-state index contributed by atoms with van der Waals surface area (Å²) in [6, 6.07) is 11.6. The lowest BCUT2D eigenvalue weighted by Gasteiger charge is -2.21. The monoisotopic (exact) mass is 304 g/mol. The molecule has 0 unspecified atom stereocenters. The molecule has 0 spiro atoms. The van der Waals surface area contributed by atoms with Crippen LogP contribution in [0, 0.1) is 0 Å². The van der Waals surface area contributed by atoms with Crippen LogP contribution in [-0.4, -0.2) is 10.5 Å². The maximum atomic E-state index is 5.98.